The van der Waals surface area contributed by atoms with Gasteiger partial charge in [0, 0.05) is 43.3 Å². The Bertz CT molecular complexity index is 379. The lowest BCUT2D eigenvalue weighted by molar-refractivity contribution is 0.0741. The third-order valence-electron chi connectivity index (χ3n) is 3.91. The number of rotatable bonds is 3. The molecule has 3 nitrogen and oxygen atoms in total. The highest BCUT2D eigenvalue weighted by atomic mass is 35.5. The van der Waals surface area contributed by atoms with Crippen molar-refractivity contribution in [2.75, 3.05) is 33.2 Å². The fourth-order valence-electron chi connectivity index (χ4n) is 2.54. The second kappa shape index (κ2) is 6.02. The lowest BCUT2D eigenvalue weighted by Crippen LogP contribution is -2.52. The van der Waals surface area contributed by atoms with Crippen LogP contribution in [-0.2, 0) is 0 Å². The van der Waals surface area contributed by atoms with Gasteiger partial charge in [-0.2, -0.15) is 0 Å². The van der Waals surface area contributed by atoms with Crippen LogP contribution in [0.3, 0.4) is 0 Å². The van der Waals surface area contributed by atoms with Crippen molar-refractivity contribution in [2.45, 2.75) is 19.0 Å². The number of piperazine rings is 1. The Kier molecular flexibility index (Phi) is 4.62. The van der Waals surface area contributed by atoms with Crippen LogP contribution in [0.4, 0.5) is 0 Å². The minimum Gasteiger partial charge on any atom is -0.329 e. The van der Waals surface area contributed by atoms with Crippen LogP contribution < -0.4 is 5.73 Å². The van der Waals surface area contributed by atoms with Crippen LogP contribution in [0.15, 0.2) is 24.3 Å². The predicted octanol–water partition coefficient (Wildman–Crippen LogP) is 1.98. The highest BCUT2D eigenvalue weighted by molar-refractivity contribution is 6.30. The molecule has 1 aliphatic heterocycles. The molecule has 1 aliphatic rings. The molecule has 2 atom stereocenters. The molecule has 1 fully saturated rings. The number of halogens is 1. The molecule has 100 valence electrons. The van der Waals surface area contributed by atoms with E-state index in [4.69, 9.17) is 17.3 Å². The normalized spacial score (nSPS) is 24.1. The number of likely N-dealkylation sites (N-methyl/N-ethyl adjacent to an activating group) is 1. The summed E-state index contributed by atoms with van der Waals surface area (Å²) in [5, 5.41) is 0.779. The fourth-order valence-corrected chi connectivity index (χ4v) is 2.67. The molecule has 2 rings (SSSR count). The van der Waals surface area contributed by atoms with E-state index >= 15 is 0 Å². The van der Waals surface area contributed by atoms with Gasteiger partial charge in [0.15, 0.2) is 0 Å². The smallest absolute Gasteiger partial charge is 0.0471 e. The topological polar surface area (TPSA) is 32.5 Å². The van der Waals surface area contributed by atoms with E-state index in [0.29, 0.717) is 18.6 Å². The lowest BCUT2D eigenvalue weighted by atomic mass is 10.0. The van der Waals surface area contributed by atoms with E-state index < -0.39 is 0 Å². The first kappa shape index (κ1) is 13.8. The van der Waals surface area contributed by atoms with Gasteiger partial charge in [-0.25, -0.2) is 0 Å². The Morgan fingerprint density at radius 1 is 1.33 bits per heavy atom. The summed E-state index contributed by atoms with van der Waals surface area (Å²) in [6, 6.07) is 8.95. The van der Waals surface area contributed by atoms with Crippen LogP contribution >= 0.6 is 11.6 Å². The van der Waals surface area contributed by atoms with Crippen molar-refractivity contribution in [3.05, 3.63) is 34.9 Å². The van der Waals surface area contributed by atoms with Gasteiger partial charge < -0.3 is 10.6 Å². The van der Waals surface area contributed by atoms with Crippen LogP contribution in [0.1, 0.15) is 18.5 Å². The molecule has 18 heavy (non-hydrogen) atoms. The van der Waals surface area contributed by atoms with Crippen molar-refractivity contribution in [1.29, 1.82) is 0 Å². The molecule has 0 saturated carbocycles. The standard InChI is InChI=1S/C14H22ClN3/c1-11-10-18(8-7-17(11)2)14(9-16)12-3-5-13(15)6-4-12/h3-6,11,14H,7-10,16H2,1-2H3. The molecular weight excluding hydrogens is 246 g/mol. The van der Waals surface area contributed by atoms with Crippen molar-refractivity contribution in [1.82, 2.24) is 9.80 Å². The van der Waals surface area contributed by atoms with Crippen molar-refractivity contribution in [3.63, 3.8) is 0 Å². The Hall–Kier alpha value is -0.610. The first-order valence-corrected chi connectivity index (χ1v) is 6.89. The molecular formula is C14H22ClN3. The zero-order chi connectivity index (χ0) is 13.1. The van der Waals surface area contributed by atoms with Gasteiger partial charge in [-0.3, -0.25) is 4.90 Å². The van der Waals surface area contributed by atoms with E-state index in [2.05, 4.69) is 35.9 Å². The predicted molar refractivity (Wildman–Crippen MR) is 76.9 cm³/mol. The van der Waals surface area contributed by atoms with Gasteiger partial charge in [-0.05, 0) is 31.7 Å². The third kappa shape index (κ3) is 3.04. The van der Waals surface area contributed by atoms with Gasteiger partial charge in [-0.1, -0.05) is 23.7 Å². The number of hydrogen-bond acceptors (Lipinski definition) is 3. The molecule has 2 N–H and O–H groups in total. The average Bonchev–Trinajstić information content (AvgIpc) is 2.37. The highest BCUT2D eigenvalue weighted by Crippen LogP contribution is 2.24. The van der Waals surface area contributed by atoms with Crippen molar-refractivity contribution in [3.8, 4) is 0 Å². The zero-order valence-electron chi connectivity index (χ0n) is 11.1. The molecule has 1 heterocycles. The molecule has 0 aromatic heterocycles. The number of nitrogens with zero attached hydrogens (tertiary/aromatic N) is 2. The van der Waals surface area contributed by atoms with Gasteiger partial charge in [-0.15, -0.1) is 0 Å². The zero-order valence-corrected chi connectivity index (χ0v) is 11.9. The summed E-state index contributed by atoms with van der Waals surface area (Å²) in [5.74, 6) is 0. The van der Waals surface area contributed by atoms with Gasteiger partial charge >= 0.3 is 0 Å². The van der Waals surface area contributed by atoms with E-state index in [1.807, 2.05) is 12.1 Å². The third-order valence-corrected chi connectivity index (χ3v) is 4.16. The minimum absolute atomic E-state index is 0.304. The molecule has 1 saturated heterocycles. The Balaban J connectivity index is 2.11. The maximum Gasteiger partial charge on any atom is 0.0471 e. The monoisotopic (exact) mass is 267 g/mol. The molecule has 0 aliphatic carbocycles. The second-order valence-electron chi connectivity index (χ2n) is 5.13. The van der Waals surface area contributed by atoms with Gasteiger partial charge in [0.25, 0.3) is 0 Å². The van der Waals surface area contributed by atoms with Gasteiger partial charge in [0.1, 0.15) is 0 Å². The minimum atomic E-state index is 0.304. The summed E-state index contributed by atoms with van der Waals surface area (Å²) in [5.41, 5.74) is 7.23. The molecule has 4 heteroatoms. The number of hydrogen-bond donors (Lipinski definition) is 1. The Morgan fingerprint density at radius 3 is 2.56 bits per heavy atom. The fraction of sp³-hybridized carbons (Fsp3) is 0.571. The molecule has 2 unspecified atom stereocenters. The summed E-state index contributed by atoms with van der Waals surface area (Å²) < 4.78 is 0. The summed E-state index contributed by atoms with van der Waals surface area (Å²) >= 11 is 5.94. The van der Waals surface area contributed by atoms with E-state index in [0.717, 1.165) is 24.7 Å². The summed E-state index contributed by atoms with van der Waals surface area (Å²) in [6.07, 6.45) is 0. The van der Waals surface area contributed by atoms with Gasteiger partial charge in [0.2, 0.25) is 0 Å². The summed E-state index contributed by atoms with van der Waals surface area (Å²) in [4.78, 5) is 4.87. The Labute approximate surface area is 115 Å². The molecule has 0 radical (unpaired) electrons. The molecule has 0 amide bonds. The van der Waals surface area contributed by atoms with E-state index in [1.165, 1.54) is 5.56 Å². The van der Waals surface area contributed by atoms with Crippen LogP contribution in [-0.4, -0.2) is 49.1 Å². The summed E-state index contributed by atoms with van der Waals surface area (Å²) in [7, 11) is 2.18. The van der Waals surface area contributed by atoms with Crippen LogP contribution in [0.5, 0.6) is 0 Å². The first-order chi connectivity index (χ1) is 8.61. The number of nitrogens with two attached hydrogens (primary N) is 1. The van der Waals surface area contributed by atoms with Crippen LogP contribution in [0.2, 0.25) is 5.02 Å². The largest absolute Gasteiger partial charge is 0.329 e. The maximum atomic E-state index is 5.97. The Morgan fingerprint density at radius 2 is 2.00 bits per heavy atom. The lowest BCUT2D eigenvalue weighted by Gasteiger charge is -2.41. The van der Waals surface area contributed by atoms with Crippen molar-refractivity contribution in [2.24, 2.45) is 5.73 Å². The second-order valence-corrected chi connectivity index (χ2v) is 5.56. The molecule has 0 spiro atoms. The summed E-state index contributed by atoms with van der Waals surface area (Å²) in [6.45, 7) is 6.16. The molecule has 0 bridgehead atoms. The highest BCUT2D eigenvalue weighted by Gasteiger charge is 2.26. The van der Waals surface area contributed by atoms with Crippen molar-refractivity contribution < 1.29 is 0 Å². The van der Waals surface area contributed by atoms with E-state index in [1.54, 1.807) is 0 Å². The first-order valence-electron chi connectivity index (χ1n) is 6.51. The SMILES string of the molecule is CC1CN(C(CN)c2ccc(Cl)cc2)CCN1C. The molecule has 1 aromatic carbocycles. The van der Waals surface area contributed by atoms with E-state index in [9.17, 15) is 0 Å². The number of benzene rings is 1. The molecule has 1 aromatic rings. The van der Waals surface area contributed by atoms with E-state index in [-0.39, 0.29) is 0 Å². The van der Waals surface area contributed by atoms with Crippen LogP contribution in [0.25, 0.3) is 0 Å². The quantitative estimate of drug-likeness (QED) is 0.909. The average molecular weight is 268 g/mol. The van der Waals surface area contributed by atoms with Gasteiger partial charge in [0.05, 0.1) is 0 Å². The van der Waals surface area contributed by atoms with Crippen LogP contribution in [0, 0.1) is 0 Å². The maximum absolute atomic E-state index is 5.97. The van der Waals surface area contributed by atoms with Crippen molar-refractivity contribution >= 4 is 11.6 Å².